The van der Waals surface area contributed by atoms with Gasteiger partial charge in [-0.2, -0.15) is 5.10 Å². The lowest BCUT2D eigenvalue weighted by Gasteiger charge is -2.14. The van der Waals surface area contributed by atoms with Crippen molar-refractivity contribution in [2.45, 2.75) is 0 Å². The molecule has 0 bridgehead atoms. The predicted octanol–water partition coefficient (Wildman–Crippen LogP) is 4.54. The third kappa shape index (κ3) is 6.45. The van der Waals surface area contributed by atoms with Crippen LogP contribution in [0.15, 0.2) is 88.6 Å². The number of anilines is 1. The first kappa shape index (κ1) is 27.5. The number of nitrogens with one attached hydrogen (secondary N) is 2. The molecule has 0 unspecified atom stereocenters. The van der Waals surface area contributed by atoms with Gasteiger partial charge in [-0.25, -0.2) is 10.2 Å². The first-order valence-electron chi connectivity index (χ1n) is 11.8. The normalized spacial score (nSPS) is 10.6. The van der Waals surface area contributed by atoms with E-state index in [0.29, 0.717) is 34.1 Å². The number of ether oxygens (including phenoxy) is 4. The molecule has 0 radical (unpaired) electrons. The molecule has 40 heavy (non-hydrogen) atoms. The van der Waals surface area contributed by atoms with Crippen LogP contribution in [0, 0.1) is 0 Å². The van der Waals surface area contributed by atoms with Crippen molar-refractivity contribution in [3.05, 3.63) is 102 Å². The molecule has 4 aromatic rings. The van der Waals surface area contributed by atoms with Crippen LogP contribution in [0.25, 0.3) is 0 Å². The van der Waals surface area contributed by atoms with Gasteiger partial charge in [-0.1, -0.05) is 12.1 Å². The van der Waals surface area contributed by atoms with Crippen LogP contribution in [0.5, 0.6) is 23.0 Å². The van der Waals surface area contributed by atoms with Crippen LogP contribution in [0.1, 0.15) is 36.8 Å². The lowest BCUT2D eigenvalue weighted by atomic mass is 10.1. The van der Waals surface area contributed by atoms with Crippen molar-refractivity contribution < 1.29 is 37.7 Å². The Kier molecular flexibility index (Phi) is 8.77. The predicted molar refractivity (Wildman–Crippen MR) is 146 cm³/mol. The van der Waals surface area contributed by atoms with E-state index in [1.807, 2.05) is 0 Å². The molecular weight excluding hydrogens is 518 g/mol. The van der Waals surface area contributed by atoms with Crippen molar-refractivity contribution in [2.75, 3.05) is 26.6 Å². The Balaban J connectivity index is 1.40. The average Bonchev–Trinajstić information content (AvgIpc) is 3.53. The maximum atomic E-state index is 12.9. The molecule has 0 aliphatic rings. The number of hydrazone groups is 1. The summed E-state index contributed by atoms with van der Waals surface area (Å²) in [6.07, 6.45) is 2.76. The molecule has 0 fully saturated rings. The first-order chi connectivity index (χ1) is 19.4. The summed E-state index contributed by atoms with van der Waals surface area (Å²) in [5.74, 6) is -0.204. The van der Waals surface area contributed by atoms with Gasteiger partial charge in [-0.3, -0.25) is 9.59 Å². The number of hydrogen-bond donors (Lipinski definition) is 2. The summed E-state index contributed by atoms with van der Waals surface area (Å²) in [6.45, 7) is 0. The molecule has 0 spiro atoms. The molecule has 0 saturated heterocycles. The average molecular weight is 544 g/mol. The number of amides is 2. The fourth-order valence-electron chi connectivity index (χ4n) is 3.57. The lowest BCUT2D eigenvalue weighted by Crippen LogP contribution is -2.18. The third-order valence-corrected chi connectivity index (χ3v) is 5.54. The summed E-state index contributed by atoms with van der Waals surface area (Å²) < 4.78 is 26.5. The molecular formula is C29H25N3O8. The number of carbonyl (C=O) groups is 3. The van der Waals surface area contributed by atoms with Crippen LogP contribution >= 0.6 is 0 Å². The zero-order valence-electron chi connectivity index (χ0n) is 21.8. The molecule has 3 aromatic carbocycles. The summed E-state index contributed by atoms with van der Waals surface area (Å²) in [7, 11) is 4.35. The van der Waals surface area contributed by atoms with Gasteiger partial charge < -0.3 is 28.7 Å². The Morgan fingerprint density at radius 3 is 2.10 bits per heavy atom. The Morgan fingerprint density at radius 1 is 0.775 bits per heavy atom. The molecule has 204 valence electrons. The number of para-hydroxylation sites is 1. The molecule has 4 rings (SSSR count). The second kappa shape index (κ2) is 12.8. The molecule has 11 heteroatoms. The van der Waals surface area contributed by atoms with Crippen molar-refractivity contribution in [1.82, 2.24) is 5.43 Å². The summed E-state index contributed by atoms with van der Waals surface area (Å²) in [5, 5.41) is 6.66. The highest BCUT2D eigenvalue weighted by molar-refractivity contribution is 6.02. The van der Waals surface area contributed by atoms with E-state index in [4.69, 9.17) is 23.4 Å². The number of hydrogen-bond acceptors (Lipinski definition) is 9. The number of carbonyl (C=O) groups excluding carboxylic acids is 3. The molecule has 1 aromatic heterocycles. The molecule has 0 aliphatic carbocycles. The number of esters is 1. The quantitative estimate of drug-likeness (QED) is 0.129. The number of benzene rings is 3. The maximum absolute atomic E-state index is 12.9. The fraction of sp³-hybridized carbons (Fsp3) is 0.103. The van der Waals surface area contributed by atoms with Crippen LogP contribution in [0.3, 0.4) is 0 Å². The minimum atomic E-state index is -0.664. The van der Waals surface area contributed by atoms with E-state index in [1.54, 1.807) is 48.5 Å². The highest BCUT2D eigenvalue weighted by Crippen LogP contribution is 2.38. The van der Waals surface area contributed by atoms with Crippen molar-refractivity contribution in [3.8, 4) is 23.0 Å². The number of furan rings is 1. The van der Waals surface area contributed by atoms with Gasteiger partial charge in [0.1, 0.15) is 5.75 Å². The van der Waals surface area contributed by atoms with Gasteiger partial charge in [0, 0.05) is 16.8 Å². The molecule has 2 amide bonds. The zero-order valence-corrected chi connectivity index (χ0v) is 21.8. The van der Waals surface area contributed by atoms with E-state index in [9.17, 15) is 14.4 Å². The summed E-state index contributed by atoms with van der Waals surface area (Å²) >= 11 is 0. The van der Waals surface area contributed by atoms with E-state index >= 15 is 0 Å². The molecule has 0 saturated carbocycles. The minimum Gasteiger partial charge on any atom is -0.493 e. The molecule has 2 N–H and O–H groups in total. The molecule has 1 heterocycles. The Bertz CT molecular complexity index is 1500. The van der Waals surface area contributed by atoms with Gasteiger partial charge in [-0.05, 0) is 60.7 Å². The van der Waals surface area contributed by atoms with Gasteiger partial charge in [0.2, 0.25) is 5.75 Å². The van der Waals surface area contributed by atoms with Crippen molar-refractivity contribution in [3.63, 3.8) is 0 Å². The second-order valence-electron chi connectivity index (χ2n) is 8.05. The van der Waals surface area contributed by atoms with Crippen LogP contribution in [-0.2, 0) is 0 Å². The van der Waals surface area contributed by atoms with Crippen molar-refractivity contribution >= 4 is 29.7 Å². The smallest absolute Gasteiger partial charge is 0.343 e. The van der Waals surface area contributed by atoms with Gasteiger partial charge >= 0.3 is 5.97 Å². The molecule has 11 nitrogen and oxygen atoms in total. The van der Waals surface area contributed by atoms with Crippen LogP contribution in [-0.4, -0.2) is 45.3 Å². The van der Waals surface area contributed by atoms with E-state index in [-0.39, 0.29) is 17.1 Å². The zero-order chi connectivity index (χ0) is 28.5. The lowest BCUT2D eigenvalue weighted by molar-refractivity contribution is 0.0733. The fourth-order valence-corrected chi connectivity index (χ4v) is 3.57. The van der Waals surface area contributed by atoms with E-state index in [1.165, 1.54) is 58.1 Å². The third-order valence-electron chi connectivity index (χ3n) is 5.54. The van der Waals surface area contributed by atoms with Gasteiger partial charge in [0.25, 0.3) is 11.8 Å². The summed E-state index contributed by atoms with van der Waals surface area (Å²) in [5.41, 5.74) is 3.85. The van der Waals surface area contributed by atoms with Gasteiger partial charge in [0.15, 0.2) is 17.3 Å². The standard InChI is InChI=1S/C29H25N3O8/c1-36-24-15-20(16-25(37-2)26(24)38-3)29(35)40-22-8-5-4-7-19(22)17-30-32-27(33)18-10-12-21(13-11-18)31-28(34)23-9-6-14-39-23/h4-17H,1-3H3,(H,31,34)(H,32,33)/b30-17-. The van der Waals surface area contributed by atoms with Gasteiger partial charge in [0.05, 0.1) is 39.4 Å². The molecule has 0 atom stereocenters. The Labute approximate surface area is 229 Å². The van der Waals surface area contributed by atoms with E-state index in [0.717, 1.165) is 0 Å². The van der Waals surface area contributed by atoms with Gasteiger partial charge in [-0.15, -0.1) is 0 Å². The first-order valence-corrected chi connectivity index (χ1v) is 11.8. The minimum absolute atomic E-state index is 0.172. The number of nitrogens with zero attached hydrogens (tertiary/aromatic N) is 1. The van der Waals surface area contributed by atoms with Crippen LogP contribution in [0.4, 0.5) is 5.69 Å². The highest BCUT2D eigenvalue weighted by Gasteiger charge is 2.19. The van der Waals surface area contributed by atoms with Crippen molar-refractivity contribution in [1.29, 1.82) is 0 Å². The number of rotatable bonds is 10. The monoisotopic (exact) mass is 543 g/mol. The highest BCUT2D eigenvalue weighted by atomic mass is 16.5. The van der Waals surface area contributed by atoms with Crippen molar-refractivity contribution in [2.24, 2.45) is 5.10 Å². The Morgan fingerprint density at radius 2 is 1.48 bits per heavy atom. The largest absolute Gasteiger partial charge is 0.493 e. The summed E-state index contributed by atoms with van der Waals surface area (Å²) in [4.78, 5) is 37.5. The topological polar surface area (TPSA) is 138 Å². The summed E-state index contributed by atoms with van der Waals surface area (Å²) in [6, 6.07) is 19.0. The second-order valence-corrected chi connectivity index (χ2v) is 8.05. The van der Waals surface area contributed by atoms with E-state index in [2.05, 4.69) is 15.8 Å². The number of methoxy groups -OCH3 is 3. The SMILES string of the molecule is COc1cc(C(=O)Oc2ccccc2/C=N\NC(=O)c2ccc(NC(=O)c3ccco3)cc2)cc(OC)c1OC. The Hall–Kier alpha value is -5.58. The van der Waals surface area contributed by atoms with Crippen LogP contribution < -0.4 is 29.7 Å². The van der Waals surface area contributed by atoms with Crippen LogP contribution in [0.2, 0.25) is 0 Å². The maximum Gasteiger partial charge on any atom is 0.343 e. The molecule has 0 aliphatic heterocycles. The van der Waals surface area contributed by atoms with E-state index < -0.39 is 17.8 Å².